The summed E-state index contributed by atoms with van der Waals surface area (Å²) in [6, 6.07) is -1.01. The lowest BCUT2D eigenvalue weighted by Crippen LogP contribution is -2.40. The van der Waals surface area contributed by atoms with Crippen LogP contribution in [0.1, 0.15) is 23.9 Å². The van der Waals surface area contributed by atoms with Gasteiger partial charge in [-0.05, 0) is 33.3 Å². The van der Waals surface area contributed by atoms with Crippen molar-refractivity contribution in [3.63, 3.8) is 0 Å². The molecule has 0 aliphatic rings. The highest BCUT2D eigenvalue weighted by Crippen LogP contribution is 2.35. The molecular weight excluding hydrogens is 263 g/mol. The standard InChI is InChI=1S/C11H16F3N3S/c1-5-7(3)16-10(17-8(5)4)18-9(6(2)15)11(12,13)14/h6,9H,15H2,1-4H3. The molecule has 0 saturated carbocycles. The van der Waals surface area contributed by atoms with Crippen LogP contribution in [0.25, 0.3) is 0 Å². The molecular formula is C11H16F3N3S. The van der Waals surface area contributed by atoms with Crippen LogP contribution in [0.5, 0.6) is 0 Å². The number of halogens is 3. The van der Waals surface area contributed by atoms with E-state index < -0.39 is 17.5 Å². The maximum absolute atomic E-state index is 12.8. The fourth-order valence-electron chi connectivity index (χ4n) is 1.38. The molecule has 2 atom stereocenters. The lowest BCUT2D eigenvalue weighted by Gasteiger charge is -2.22. The molecule has 1 aromatic rings. The topological polar surface area (TPSA) is 51.8 Å². The Morgan fingerprint density at radius 3 is 1.89 bits per heavy atom. The smallest absolute Gasteiger partial charge is 0.327 e. The van der Waals surface area contributed by atoms with Crippen molar-refractivity contribution >= 4 is 11.8 Å². The van der Waals surface area contributed by atoms with Gasteiger partial charge >= 0.3 is 6.18 Å². The number of rotatable bonds is 3. The third kappa shape index (κ3) is 3.58. The molecule has 0 saturated heterocycles. The van der Waals surface area contributed by atoms with E-state index in [4.69, 9.17) is 5.73 Å². The molecule has 1 rings (SSSR count). The van der Waals surface area contributed by atoms with E-state index >= 15 is 0 Å². The molecule has 0 amide bonds. The third-order valence-corrected chi connectivity index (χ3v) is 3.99. The minimum atomic E-state index is -4.37. The molecule has 0 bridgehead atoms. The minimum absolute atomic E-state index is 0.121. The highest BCUT2D eigenvalue weighted by Gasteiger charge is 2.43. The Morgan fingerprint density at radius 1 is 1.11 bits per heavy atom. The van der Waals surface area contributed by atoms with Crippen molar-refractivity contribution in [2.75, 3.05) is 0 Å². The molecule has 1 heterocycles. The predicted octanol–water partition coefficient (Wildman–Crippen LogP) is 2.77. The summed E-state index contributed by atoms with van der Waals surface area (Å²) in [6.07, 6.45) is -4.37. The van der Waals surface area contributed by atoms with Crippen LogP contribution in [0.2, 0.25) is 0 Å². The first-order chi connectivity index (χ1) is 8.12. The van der Waals surface area contributed by atoms with Gasteiger partial charge in [-0.1, -0.05) is 11.8 Å². The SMILES string of the molecule is Cc1nc(SC(C(C)N)C(F)(F)F)nc(C)c1C. The Balaban J connectivity index is 3.02. The molecule has 3 nitrogen and oxygen atoms in total. The normalized spacial score (nSPS) is 15.6. The van der Waals surface area contributed by atoms with Crippen molar-refractivity contribution in [3.05, 3.63) is 17.0 Å². The first-order valence-electron chi connectivity index (χ1n) is 5.43. The van der Waals surface area contributed by atoms with Crippen LogP contribution < -0.4 is 5.73 Å². The van der Waals surface area contributed by atoms with E-state index in [2.05, 4.69) is 9.97 Å². The predicted molar refractivity (Wildman–Crippen MR) is 65.6 cm³/mol. The second-order valence-electron chi connectivity index (χ2n) is 4.24. The van der Waals surface area contributed by atoms with E-state index in [1.807, 2.05) is 6.92 Å². The second kappa shape index (κ2) is 5.44. The zero-order valence-electron chi connectivity index (χ0n) is 10.7. The summed E-state index contributed by atoms with van der Waals surface area (Å²) in [5, 5.41) is -1.57. The monoisotopic (exact) mass is 279 g/mol. The Bertz CT molecular complexity index is 409. The molecule has 0 aliphatic heterocycles. The van der Waals surface area contributed by atoms with Gasteiger partial charge in [0.15, 0.2) is 5.16 Å². The van der Waals surface area contributed by atoms with Gasteiger partial charge in [-0.25, -0.2) is 9.97 Å². The van der Waals surface area contributed by atoms with Gasteiger partial charge in [0.1, 0.15) is 5.25 Å². The molecule has 18 heavy (non-hydrogen) atoms. The average molecular weight is 279 g/mol. The summed E-state index contributed by atoms with van der Waals surface area (Å²) in [5.41, 5.74) is 7.65. The largest absolute Gasteiger partial charge is 0.402 e. The molecule has 0 aliphatic carbocycles. The summed E-state index contributed by atoms with van der Waals surface area (Å²) in [7, 11) is 0. The molecule has 1 aromatic heterocycles. The van der Waals surface area contributed by atoms with E-state index in [0.717, 1.165) is 5.56 Å². The Kier molecular flexibility index (Phi) is 4.61. The van der Waals surface area contributed by atoms with Crippen molar-refractivity contribution in [2.45, 2.75) is 50.3 Å². The van der Waals surface area contributed by atoms with Crippen LogP contribution >= 0.6 is 11.8 Å². The maximum atomic E-state index is 12.8. The van der Waals surface area contributed by atoms with Gasteiger partial charge in [0, 0.05) is 17.4 Å². The van der Waals surface area contributed by atoms with Crippen LogP contribution in [0.4, 0.5) is 13.2 Å². The number of nitrogens with two attached hydrogens (primary N) is 1. The van der Waals surface area contributed by atoms with Crippen LogP contribution in [0.3, 0.4) is 0 Å². The van der Waals surface area contributed by atoms with Gasteiger partial charge in [0.05, 0.1) is 0 Å². The van der Waals surface area contributed by atoms with Crippen molar-refractivity contribution in [3.8, 4) is 0 Å². The molecule has 0 fully saturated rings. The molecule has 2 unspecified atom stereocenters. The van der Waals surface area contributed by atoms with Gasteiger partial charge in [-0.3, -0.25) is 0 Å². The van der Waals surface area contributed by atoms with Crippen LogP contribution in [0.15, 0.2) is 5.16 Å². The first kappa shape index (κ1) is 15.2. The Morgan fingerprint density at radius 2 is 1.56 bits per heavy atom. The molecule has 2 N–H and O–H groups in total. The lowest BCUT2D eigenvalue weighted by atomic mass is 10.2. The fraction of sp³-hybridized carbons (Fsp3) is 0.636. The summed E-state index contributed by atoms with van der Waals surface area (Å²) in [4.78, 5) is 8.13. The zero-order valence-corrected chi connectivity index (χ0v) is 11.5. The molecule has 7 heteroatoms. The van der Waals surface area contributed by atoms with Crippen LogP contribution in [-0.2, 0) is 0 Å². The van der Waals surface area contributed by atoms with E-state index in [-0.39, 0.29) is 5.16 Å². The van der Waals surface area contributed by atoms with Gasteiger partial charge in [0.25, 0.3) is 0 Å². The Hall–Kier alpha value is -0.820. The maximum Gasteiger partial charge on any atom is 0.402 e. The van der Waals surface area contributed by atoms with E-state index in [9.17, 15) is 13.2 Å². The first-order valence-corrected chi connectivity index (χ1v) is 6.31. The van der Waals surface area contributed by atoms with E-state index in [1.54, 1.807) is 13.8 Å². The highest BCUT2D eigenvalue weighted by atomic mass is 32.2. The fourth-order valence-corrected chi connectivity index (χ4v) is 2.33. The van der Waals surface area contributed by atoms with Crippen molar-refractivity contribution < 1.29 is 13.2 Å². The minimum Gasteiger partial charge on any atom is -0.327 e. The van der Waals surface area contributed by atoms with Crippen LogP contribution in [0, 0.1) is 20.8 Å². The number of aryl methyl sites for hydroxylation is 2. The summed E-state index contributed by atoms with van der Waals surface area (Å²) in [6.45, 7) is 6.68. The average Bonchev–Trinajstić information content (AvgIpc) is 2.20. The number of thioether (sulfide) groups is 1. The van der Waals surface area contributed by atoms with Crippen molar-refractivity contribution in [1.82, 2.24) is 9.97 Å². The number of nitrogens with zero attached hydrogens (tertiary/aromatic N) is 2. The number of alkyl halides is 3. The highest BCUT2D eigenvalue weighted by molar-refractivity contribution is 7.99. The molecule has 0 radical (unpaired) electrons. The van der Waals surface area contributed by atoms with Gasteiger partial charge in [-0.2, -0.15) is 13.2 Å². The molecule has 102 valence electrons. The summed E-state index contributed by atoms with van der Waals surface area (Å²) >= 11 is 0.569. The van der Waals surface area contributed by atoms with Crippen molar-refractivity contribution in [1.29, 1.82) is 0 Å². The molecule has 0 aromatic carbocycles. The number of aromatic nitrogens is 2. The Labute approximate surface area is 108 Å². The quantitative estimate of drug-likeness (QED) is 0.683. The van der Waals surface area contributed by atoms with Gasteiger partial charge < -0.3 is 5.73 Å². The third-order valence-electron chi connectivity index (χ3n) is 2.64. The number of hydrogen-bond acceptors (Lipinski definition) is 4. The zero-order chi connectivity index (χ0) is 14.1. The summed E-state index contributed by atoms with van der Waals surface area (Å²) in [5.74, 6) is 0. The van der Waals surface area contributed by atoms with Gasteiger partial charge in [0.2, 0.25) is 0 Å². The van der Waals surface area contributed by atoms with E-state index in [1.165, 1.54) is 6.92 Å². The molecule has 0 spiro atoms. The van der Waals surface area contributed by atoms with E-state index in [0.29, 0.717) is 23.1 Å². The number of hydrogen-bond donors (Lipinski definition) is 1. The van der Waals surface area contributed by atoms with Gasteiger partial charge in [-0.15, -0.1) is 0 Å². The van der Waals surface area contributed by atoms with Crippen LogP contribution in [-0.4, -0.2) is 27.4 Å². The lowest BCUT2D eigenvalue weighted by molar-refractivity contribution is -0.131. The van der Waals surface area contributed by atoms with Crippen molar-refractivity contribution in [2.24, 2.45) is 5.73 Å². The second-order valence-corrected chi connectivity index (χ2v) is 5.35. The summed E-state index contributed by atoms with van der Waals surface area (Å²) < 4.78 is 38.3.